The first-order chi connectivity index (χ1) is 6.57. The molecule has 0 aliphatic carbocycles. The molecule has 0 atom stereocenters. The van der Waals surface area contributed by atoms with Crippen molar-refractivity contribution in [2.45, 2.75) is 13.8 Å². The highest BCUT2D eigenvalue weighted by Crippen LogP contribution is 2.35. The van der Waals surface area contributed by atoms with Crippen LogP contribution in [-0.4, -0.2) is 12.4 Å². The van der Waals surface area contributed by atoms with Crippen LogP contribution in [0.4, 0.5) is 0 Å². The molecule has 0 N–H and O–H groups in total. The molecule has 1 aromatic rings. The van der Waals surface area contributed by atoms with Gasteiger partial charge in [0, 0.05) is 10.0 Å². The number of ketones is 1. The molecule has 0 aliphatic heterocycles. The van der Waals surface area contributed by atoms with Gasteiger partial charge in [0.1, 0.15) is 5.75 Å². The van der Waals surface area contributed by atoms with Crippen LogP contribution in [0.2, 0.25) is 0 Å². The lowest BCUT2D eigenvalue weighted by Crippen LogP contribution is -1.98. The van der Waals surface area contributed by atoms with Crippen molar-refractivity contribution < 1.29 is 9.53 Å². The normalized spacial score (nSPS) is 10.0. The Morgan fingerprint density at radius 3 is 2.50 bits per heavy atom. The van der Waals surface area contributed by atoms with Gasteiger partial charge in [-0.15, -0.1) is 0 Å². The molecule has 0 amide bonds. The molecule has 14 heavy (non-hydrogen) atoms. The molecule has 0 heterocycles. The zero-order valence-electron chi connectivity index (χ0n) is 7.93. The Balaban J connectivity index is 3.19. The molecule has 1 aromatic carbocycles. The third kappa shape index (κ3) is 2.36. The fraction of sp³-hybridized carbons (Fsp3) is 0.300. The van der Waals surface area contributed by atoms with Crippen molar-refractivity contribution in [3.05, 3.63) is 26.6 Å². The maximum atomic E-state index is 11.2. The molecule has 0 aromatic heterocycles. The predicted molar refractivity (Wildman–Crippen MR) is 63.0 cm³/mol. The summed E-state index contributed by atoms with van der Waals surface area (Å²) in [6, 6.07) is 3.54. The summed E-state index contributed by atoms with van der Waals surface area (Å²) in [7, 11) is 0. The van der Waals surface area contributed by atoms with Gasteiger partial charge < -0.3 is 4.74 Å². The second-order valence-electron chi connectivity index (χ2n) is 2.73. The quantitative estimate of drug-likeness (QED) is 0.791. The van der Waals surface area contributed by atoms with E-state index in [0.717, 1.165) is 14.7 Å². The molecule has 0 saturated carbocycles. The van der Waals surface area contributed by atoms with Crippen LogP contribution in [0.25, 0.3) is 0 Å². The maximum absolute atomic E-state index is 11.2. The van der Waals surface area contributed by atoms with Crippen molar-refractivity contribution in [2.24, 2.45) is 0 Å². The minimum absolute atomic E-state index is 0.0284. The van der Waals surface area contributed by atoms with E-state index < -0.39 is 0 Å². The Morgan fingerprint density at radius 2 is 2.00 bits per heavy atom. The van der Waals surface area contributed by atoms with Crippen LogP contribution in [0.5, 0.6) is 5.75 Å². The number of carbonyl (C=O) groups is 1. The summed E-state index contributed by atoms with van der Waals surface area (Å²) in [5.74, 6) is 0.769. The summed E-state index contributed by atoms with van der Waals surface area (Å²) in [6.07, 6.45) is 0. The second kappa shape index (κ2) is 4.94. The minimum atomic E-state index is 0.0284. The highest BCUT2D eigenvalue weighted by Gasteiger charge is 2.12. The summed E-state index contributed by atoms with van der Waals surface area (Å²) in [5, 5.41) is 0. The van der Waals surface area contributed by atoms with Gasteiger partial charge in [-0.1, -0.05) is 0 Å². The Bertz CT molecular complexity index is 361. The summed E-state index contributed by atoms with van der Waals surface area (Å²) in [4.78, 5) is 11.2. The lowest BCUT2D eigenvalue weighted by molar-refractivity contribution is 0.101. The molecule has 0 saturated heterocycles. The van der Waals surface area contributed by atoms with Crippen LogP contribution in [0, 0.1) is 0 Å². The monoisotopic (exact) mass is 320 g/mol. The van der Waals surface area contributed by atoms with E-state index in [9.17, 15) is 4.79 Å². The van der Waals surface area contributed by atoms with Crippen LogP contribution in [0.1, 0.15) is 24.2 Å². The number of benzene rings is 1. The fourth-order valence-corrected chi connectivity index (χ4v) is 2.14. The molecule has 0 fully saturated rings. The van der Waals surface area contributed by atoms with E-state index in [1.807, 2.05) is 6.92 Å². The molecule has 1 rings (SSSR count). The highest BCUT2D eigenvalue weighted by molar-refractivity contribution is 9.13. The Labute approximate surface area is 99.9 Å². The predicted octanol–water partition coefficient (Wildman–Crippen LogP) is 3.81. The van der Waals surface area contributed by atoms with Gasteiger partial charge in [0.05, 0.1) is 11.1 Å². The van der Waals surface area contributed by atoms with E-state index in [4.69, 9.17) is 4.74 Å². The highest BCUT2D eigenvalue weighted by atomic mass is 79.9. The van der Waals surface area contributed by atoms with Crippen molar-refractivity contribution in [3.63, 3.8) is 0 Å². The minimum Gasteiger partial charge on any atom is -0.493 e. The number of hydrogen-bond acceptors (Lipinski definition) is 2. The lowest BCUT2D eigenvalue weighted by Gasteiger charge is -2.09. The molecule has 0 unspecified atom stereocenters. The molecule has 76 valence electrons. The van der Waals surface area contributed by atoms with Gasteiger partial charge in [0.25, 0.3) is 0 Å². The molecule has 2 nitrogen and oxygen atoms in total. The second-order valence-corrected chi connectivity index (χ2v) is 4.31. The summed E-state index contributed by atoms with van der Waals surface area (Å²) >= 11 is 6.73. The topological polar surface area (TPSA) is 26.3 Å². The third-order valence-electron chi connectivity index (χ3n) is 1.73. The first kappa shape index (κ1) is 11.7. The molecule has 0 bridgehead atoms. The Morgan fingerprint density at radius 1 is 1.36 bits per heavy atom. The zero-order chi connectivity index (χ0) is 10.7. The average molecular weight is 322 g/mol. The van der Waals surface area contributed by atoms with Crippen LogP contribution in [0.15, 0.2) is 21.1 Å². The lowest BCUT2D eigenvalue weighted by atomic mass is 10.1. The number of rotatable bonds is 3. The van der Waals surface area contributed by atoms with E-state index in [1.54, 1.807) is 12.1 Å². The summed E-state index contributed by atoms with van der Waals surface area (Å²) in [6.45, 7) is 4.05. The van der Waals surface area contributed by atoms with Crippen molar-refractivity contribution >= 4 is 37.6 Å². The smallest absolute Gasteiger partial charge is 0.160 e. The van der Waals surface area contributed by atoms with Crippen molar-refractivity contribution in [1.82, 2.24) is 0 Å². The standard InChI is InChI=1S/C10H10Br2O2/c1-3-14-8-5-4-7(6(2)13)9(11)10(8)12/h4-5H,3H2,1-2H3. The molecular weight excluding hydrogens is 312 g/mol. The zero-order valence-corrected chi connectivity index (χ0v) is 11.1. The van der Waals surface area contributed by atoms with Gasteiger partial charge in [-0.3, -0.25) is 4.79 Å². The number of carbonyl (C=O) groups excluding carboxylic acids is 1. The van der Waals surface area contributed by atoms with Gasteiger partial charge in [-0.2, -0.15) is 0 Å². The van der Waals surface area contributed by atoms with Gasteiger partial charge in [0.15, 0.2) is 5.78 Å². The van der Waals surface area contributed by atoms with Crippen LogP contribution >= 0.6 is 31.9 Å². The molecular formula is C10H10Br2O2. The van der Waals surface area contributed by atoms with Crippen LogP contribution < -0.4 is 4.74 Å². The van der Waals surface area contributed by atoms with Crippen molar-refractivity contribution in [3.8, 4) is 5.75 Å². The SMILES string of the molecule is CCOc1ccc(C(C)=O)c(Br)c1Br. The fourth-order valence-electron chi connectivity index (χ4n) is 1.07. The molecule has 0 aliphatic rings. The maximum Gasteiger partial charge on any atom is 0.160 e. The van der Waals surface area contributed by atoms with E-state index in [-0.39, 0.29) is 5.78 Å². The van der Waals surface area contributed by atoms with E-state index in [0.29, 0.717) is 12.2 Å². The van der Waals surface area contributed by atoms with E-state index in [2.05, 4.69) is 31.9 Å². The Hall–Kier alpha value is -0.350. The number of halogens is 2. The molecule has 0 radical (unpaired) electrons. The van der Waals surface area contributed by atoms with Gasteiger partial charge >= 0.3 is 0 Å². The Kier molecular flexibility index (Phi) is 4.13. The first-order valence-electron chi connectivity index (χ1n) is 4.19. The molecule has 4 heteroatoms. The number of ether oxygens (including phenoxy) is 1. The van der Waals surface area contributed by atoms with Crippen molar-refractivity contribution in [2.75, 3.05) is 6.61 Å². The van der Waals surface area contributed by atoms with Gasteiger partial charge in [0.2, 0.25) is 0 Å². The average Bonchev–Trinajstić information content (AvgIpc) is 2.13. The van der Waals surface area contributed by atoms with Gasteiger partial charge in [-0.05, 0) is 57.8 Å². The first-order valence-corrected chi connectivity index (χ1v) is 5.78. The van der Waals surface area contributed by atoms with Crippen LogP contribution in [0.3, 0.4) is 0 Å². The van der Waals surface area contributed by atoms with E-state index >= 15 is 0 Å². The number of hydrogen-bond donors (Lipinski definition) is 0. The summed E-state index contributed by atoms with van der Waals surface area (Å²) < 4.78 is 6.89. The van der Waals surface area contributed by atoms with E-state index in [1.165, 1.54) is 6.92 Å². The molecule has 0 spiro atoms. The van der Waals surface area contributed by atoms with Gasteiger partial charge in [-0.25, -0.2) is 0 Å². The van der Waals surface area contributed by atoms with Crippen LogP contribution in [-0.2, 0) is 0 Å². The number of Topliss-reactive ketones (excluding diaryl/α,β-unsaturated/α-hetero) is 1. The van der Waals surface area contributed by atoms with Crippen molar-refractivity contribution in [1.29, 1.82) is 0 Å². The summed E-state index contributed by atoms with van der Waals surface area (Å²) in [5.41, 5.74) is 0.653. The third-order valence-corrected chi connectivity index (χ3v) is 3.87. The largest absolute Gasteiger partial charge is 0.493 e.